The molecule has 3 aromatic rings. The molecule has 0 N–H and O–H groups in total. The number of piperidine rings is 1. The molecule has 168 valence electrons. The summed E-state index contributed by atoms with van der Waals surface area (Å²) in [6.45, 7) is 0.540. The molecule has 2 heterocycles. The van der Waals surface area contributed by atoms with Crippen LogP contribution >= 0.6 is 11.6 Å². The van der Waals surface area contributed by atoms with Gasteiger partial charge in [-0.05, 0) is 49.2 Å². The quantitative estimate of drug-likeness (QED) is 0.396. The first-order valence-corrected chi connectivity index (χ1v) is 12.1. The van der Waals surface area contributed by atoms with Gasteiger partial charge in [0.15, 0.2) is 0 Å². The number of hydrogen-bond donors (Lipinski definition) is 0. The maximum atomic E-state index is 12.9. The fraction of sp³-hybridized carbons (Fsp3) is 0.304. The minimum absolute atomic E-state index is 0.0276. The van der Waals surface area contributed by atoms with Crippen molar-refractivity contribution in [2.75, 3.05) is 20.2 Å². The highest BCUT2D eigenvalue weighted by Crippen LogP contribution is 2.27. The zero-order chi connectivity index (χ0) is 22.7. The van der Waals surface area contributed by atoms with Crippen molar-refractivity contribution < 1.29 is 22.7 Å². The molecule has 0 saturated carbocycles. The molecule has 1 aliphatic heterocycles. The summed E-state index contributed by atoms with van der Waals surface area (Å²) in [5.41, 5.74) is 1.41. The molecule has 0 amide bonds. The van der Waals surface area contributed by atoms with E-state index < -0.39 is 10.0 Å². The molecule has 0 bridgehead atoms. The van der Waals surface area contributed by atoms with Gasteiger partial charge < -0.3 is 9.47 Å². The third-order valence-electron chi connectivity index (χ3n) is 5.60. The number of carbonyl (C=O) groups is 1. The molecule has 1 aliphatic rings. The van der Waals surface area contributed by atoms with Crippen LogP contribution in [0, 0.1) is 5.92 Å². The topological polar surface area (TPSA) is 85.8 Å². The maximum absolute atomic E-state index is 12.9. The Morgan fingerprint density at radius 3 is 2.50 bits per heavy atom. The van der Waals surface area contributed by atoms with E-state index in [2.05, 4.69) is 4.98 Å². The molecule has 1 saturated heterocycles. The summed E-state index contributed by atoms with van der Waals surface area (Å²) in [5, 5.41) is 1.22. The minimum atomic E-state index is -3.62. The number of esters is 1. The molecule has 32 heavy (non-hydrogen) atoms. The Bertz CT molecular complexity index is 1220. The van der Waals surface area contributed by atoms with Gasteiger partial charge in [0.1, 0.15) is 17.5 Å². The van der Waals surface area contributed by atoms with Crippen molar-refractivity contribution in [3.8, 4) is 5.75 Å². The number of para-hydroxylation sites is 1. The van der Waals surface area contributed by atoms with Gasteiger partial charge in [-0.3, -0.25) is 4.79 Å². The van der Waals surface area contributed by atoms with Gasteiger partial charge in [-0.15, -0.1) is 0 Å². The van der Waals surface area contributed by atoms with Crippen LogP contribution < -0.4 is 4.74 Å². The second kappa shape index (κ2) is 9.44. The maximum Gasteiger partial charge on any atom is 0.309 e. The van der Waals surface area contributed by atoms with Crippen LogP contribution in [0.15, 0.2) is 59.5 Å². The lowest BCUT2D eigenvalue weighted by molar-refractivity contribution is -0.151. The summed E-state index contributed by atoms with van der Waals surface area (Å²) in [7, 11) is -2.09. The van der Waals surface area contributed by atoms with Gasteiger partial charge in [0.2, 0.25) is 10.0 Å². The van der Waals surface area contributed by atoms with Crippen LogP contribution in [0.5, 0.6) is 5.75 Å². The second-order valence-corrected chi connectivity index (χ2v) is 9.89. The summed E-state index contributed by atoms with van der Waals surface area (Å²) in [5.74, 6) is -0.118. The van der Waals surface area contributed by atoms with Crippen LogP contribution in [-0.2, 0) is 26.2 Å². The Kier molecular flexibility index (Phi) is 6.64. The number of fused-ring (bicyclic) bond motifs is 1. The lowest BCUT2D eigenvalue weighted by Crippen LogP contribution is -2.40. The number of halogens is 1. The van der Waals surface area contributed by atoms with Crippen molar-refractivity contribution in [1.82, 2.24) is 9.29 Å². The molecule has 1 aromatic heterocycles. The van der Waals surface area contributed by atoms with Crippen molar-refractivity contribution in [3.63, 3.8) is 0 Å². The number of benzene rings is 2. The first kappa shape index (κ1) is 22.5. The number of hydrogen-bond acceptors (Lipinski definition) is 6. The Morgan fingerprint density at radius 1 is 1.12 bits per heavy atom. The van der Waals surface area contributed by atoms with Gasteiger partial charge in [0.25, 0.3) is 0 Å². The molecule has 0 unspecified atom stereocenters. The first-order valence-electron chi connectivity index (χ1n) is 10.2. The van der Waals surface area contributed by atoms with Crippen molar-refractivity contribution >= 4 is 38.5 Å². The largest absolute Gasteiger partial charge is 0.497 e. The molecule has 0 atom stereocenters. The number of carbonyl (C=O) groups excluding carboxylic acids is 1. The van der Waals surface area contributed by atoms with Crippen molar-refractivity contribution in [2.45, 2.75) is 24.3 Å². The third kappa shape index (κ3) is 4.72. The highest BCUT2D eigenvalue weighted by Gasteiger charge is 2.33. The summed E-state index contributed by atoms with van der Waals surface area (Å²) < 4.78 is 37.7. The predicted molar refractivity (Wildman–Crippen MR) is 121 cm³/mol. The minimum Gasteiger partial charge on any atom is -0.497 e. The Labute approximate surface area is 192 Å². The van der Waals surface area contributed by atoms with Gasteiger partial charge in [-0.2, -0.15) is 4.31 Å². The lowest BCUT2D eigenvalue weighted by atomic mass is 9.98. The number of aromatic nitrogens is 1. The van der Waals surface area contributed by atoms with E-state index in [4.69, 9.17) is 21.1 Å². The van der Waals surface area contributed by atoms with E-state index in [1.54, 1.807) is 12.1 Å². The van der Waals surface area contributed by atoms with E-state index in [0.29, 0.717) is 29.3 Å². The smallest absolute Gasteiger partial charge is 0.309 e. The molecule has 0 spiro atoms. The van der Waals surface area contributed by atoms with Gasteiger partial charge in [0.05, 0.1) is 23.4 Å². The Hall–Kier alpha value is -2.68. The highest BCUT2D eigenvalue weighted by atomic mass is 35.5. The summed E-state index contributed by atoms with van der Waals surface area (Å²) in [4.78, 5) is 17.1. The predicted octanol–water partition coefficient (Wildman–Crippen LogP) is 4.04. The molecule has 7 nitrogen and oxygen atoms in total. The third-order valence-corrected chi connectivity index (χ3v) is 7.84. The van der Waals surface area contributed by atoms with Crippen LogP contribution in [0.4, 0.5) is 0 Å². The van der Waals surface area contributed by atoms with Crippen LogP contribution in [0.2, 0.25) is 5.15 Å². The van der Waals surface area contributed by atoms with Gasteiger partial charge >= 0.3 is 5.97 Å². The Morgan fingerprint density at radius 2 is 1.81 bits per heavy atom. The van der Waals surface area contributed by atoms with Gasteiger partial charge in [-0.25, -0.2) is 13.4 Å². The molecule has 4 rings (SSSR count). The van der Waals surface area contributed by atoms with E-state index >= 15 is 0 Å². The fourth-order valence-electron chi connectivity index (χ4n) is 3.73. The van der Waals surface area contributed by atoms with E-state index in [-0.39, 0.29) is 36.5 Å². The number of nitrogens with zero attached hydrogens (tertiary/aromatic N) is 2. The SMILES string of the molecule is COc1ccc(S(=O)(=O)N2CCC(C(=O)OCc3cc4ccccc4nc3Cl)CC2)cc1. The van der Waals surface area contributed by atoms with E-state index in [1.165, 1.54) is 23.5 Å². The monoisotopic (exact) mass is 474 g/mol. The van der Waals surface area contributed by atoms with Gasteiger partial charge in [0, 0.05) is 24.0 Å². The van der Waals surface area contributed by atoms with Crippen molar-refractivity contribution in [1.29, 1.82) is 0 Å². The Balaban J connectivity index is 1.35. The van der Waals surface area contributed by atoms with Crippen LogP contribution in [0.25, 0.3) is 10.9 Å². The van der Waals surface area contributed by atoms with E-state index in [9.17, 15) is 13.2 Å². The molecule has 2 aromatic carbocycles. The molecule has 0 radical (unpaired) electrons. The van der Waals surface area contributed by atoms with E-state index in [0.717, 1.165) is 10.9 Å². The zero-order valence-corrected chi connectivity index (χ0v) is 19.1. The fourth-order valence-corrected chi connectivity index (χ4v) is 5.40. The highest BCUT2D eigenvalue weighted by molar-refractivity contribution is 7.89. The second-order valence-electron chi connectivity index (χ2n) is 7.59. The van der Waals surface area contributed by atoms with Crippen LogP contribution in [-0.4, -0.2) is 43.9 Å². The van der Waals surface area contributed by atoms with E-state index in [1.807, 2.05) is 30.3 Å². The number of methoxy groups -OCH3 is 1. The zero-order valence-electron chi connectivity index (χ0n) is 17.5. The molecular formula is C23H23ClN2O5S. The average Bonchev–Trinajstić information content (AvgIpc) is 2.82. The average molecular weight is 475 g/mol. The summed E-state index contributed by atoms with van der Waals surface area (Å²) >= 11 is 6.24. The molecule has 0 aliphatic carbocycles. The van der Waals surface area contributed by atoms with Crippen molar-refractivity contribution in [2.24, 2.45) is 5.92 Å². The molecule has 9 heteroatoms. The molecular weight excluding hydrogens is 452 g/mol. The number of ether oxygens (including phenoxy) is 2. The number of rotatable bonds is 6. The van der Waals surface area contributed by atoms with Gasteiger partial charge in [-0.1, -0.05) is 29.8 Å². The summed E-state index contributed by atoms with van der Waals surface area (Å²) in [6.07, 6.45) is 0.801. The van der Waals surface area contributed by atoms with Crippen LogP contribution in [0.3, 0.4) is 0 Å². The number of sulfonamides is 1. The summed E-state index contributed by atoms with van der Waals surface area (Å²) in [6, 6.07) is 15.7. The molecule has 1 fully saturated rings. The van der Waals surface area contributed by atoms with Crippen molar-refractivity contribution in [3.05, 3.63) is 65.3 Å². The first-order chi connectivity index (χ1) is 15.4. The standard InChI is InChI=1S/C23H23ClN2O5S/c1-30-19-6-8-20(9-7-19)32(28,29)26-12-10-16(11-13-26)23(27)31-15-18-14-17-4-2-3-5-21(17)25-22(18)24/h2-9,14,16H,10-13,15H2,1H3. The lowest BCUT2D eigenvalue weighted by Gasteiger charge is -2.30. The number of pyridine rings is 1. The van der Waals surface area contributed by atoms with Crippen LogP contribution in [0.1, 0.15) is 18.4 Å². The normalized spacial score (nSPS) is 15.6.